The summed E-state index contributed by atoms with van der Waals surface area (Å²) in [4.78, 5) is 0. The topological polar surface area (TPSA) is 43.8 Å². The minimum absolute atomic E-state index is 0.545. The summed E-state index contributed by atoms with van der Waals surface area (Å²) in [6.07, 6.45) is 2.38. The summed E-state index contributed by atoms with van der Waals surface area (Å²) in [5, 5.41) is 4.44. The van der Waals surface area contributed by atoms with Gasteiger partial charge < -0.3 is 5.73 Å². The molecule has 14 heavy (non-hydrogen) atoms. The van der Waals surface area contributed by atoms with Gasteiger partial charge in [-0.2, -0.15) is 5.10 Å². The first-order valence-electron chi connectivity index (χ1n) is 5.35. The summed E-state index contributed by atoms with van der Waals surface area (Å²) < 4.78 is 1.75. The van der Waals surface area contributed by atoms with Crippen LogP contribution in [-0.2, 0) is 7.05 Å². The van der Waals surface area contributed by atoms with Crippen LogP contribution in [0.5, 0.6) is 0 Å². The summed E-state index contributed by atoms with van der Waals surface area (Å²) in [6.45, 7) is 6.69. The summed E-state index contributed by atoms with van der Waals surface area (Å²) in [6, 6.07) is 2.00. The van der Waals surface area contributed by atoms with Crippen molar-refractivity contribution in [1.82, 2.24) is 9.78 Å². The zero-order valence-corrected chi connectivity index (χ0v) is 9.62. The number of aryl methyl sites for hydroxylation is 1. The molecule has 0 bridgehead atoms. The van der Waals surface area contributed by atoms with Gasteiger partial charge in [0.1, 0.15) is 5.82 Å². The van der Waals surface area contributed by atoms with Crippen molar-refractivity contribution in [3.63, 3.8) is 0 Å². The smallest absolute Gasteiger partial charge is 0.121 e. The Morgan fingerprint density at radius 1 is 1.50 bits per heavy atom. The van der Waals surface area contributed by atoms with E-state index in [1.807, 2.05) is 13.1 Å². The molecule has 0 fully saturated rings. The molecule has 0 saturated heterocycles. The van der Waals surface area contributed by atoms with Gasteiger partial charge >= 0.3 is 0 Å². The summed E-state index contributed by atoms with van der Waals surface area (Å²) >= 11 is 0. The number of nitrogens with zero attached hydrogens (tertiary/aromatic N) is 2. The van der Waals surface area contributed by atoms with Crippen LogP contribution in [0.2, 0.25) is 0 Å². The van der Waals surface area contributed by atoms with E-state index in [1.54, 1.807) is 4.68 Å². The third-order valence-electron chi connectivity index (χ3n) is 2.72. The highest BCUT2D eigenvalue weighted by atomic mass is 15.3. The lowest BCUT2D eigenvalue weighted by atomic mass is 9.88. The lowest BCUT2D eigenvalue weighted by molar-refractivity contribution is 0.449. The zero-order valence-electron chi connectivity index (χ0n) is 9.62. The quantitative estimate of drug-likeness (QED) is 0.802. The van der Waals surface area contributed by atoms with Crippen molar-refractivity contribution in [2.75, 3.05) is 5.73 Å². The Balaban J connectivity index is 2.87. The molecular weight excluding hydrogens is 174 g/mol. The molecule has 1 unspecified atom stereocenters. The van der Waals surface area contributed by atoms with Gasteiger partial charge in [0.2, 0.25) is 0 Å². The van der Waals surface area contributed by atoms with Gasteiger partial charge in [-0.1, -0.05) is 27.2 Å². The molecule has 1 aromatic rings. The Bertz CT molecular complexity index is 269. The number of nitrogen functional groups attached to an aromatic ring is 1. The normalized spacial score (nSPS) is 13.5. The van der Waals surface area contributed by atoms with Crippen LogP contribution in [0.25, 0.3) is 0 Å². The van der Waals surface area contributed by atoms with Crippen LogP contribution in [0.1, 0.15) is 45.2 Å². The molecule has 0 aliphatic carbocycles. The van der Waals surface area contributed by atoms with Crippen LogP contribution in [0.3, 0.4) is 0 Å². The highest BCUT2D eigenvalue weighted by molar-refractivity contribution is 5.32. The van der Waals surface area contributed by atoms with E-state index >= 15 is 0 Å². The van der Waals surface area contributed by atoms with Crippen LogP contribution in [0, 0.1) is 5.92 Å². The first-order valence-corrected chi connectivity index (χ1v) is 5.35. The third-order valence-corrected chi connectivity index (χ3v) is 2.72. The SMILES string of the molecule is CCCC(c1cc(N)n(C)n1)C(C)C. The number of hydrogen-bond donors (Lipinski definition) is 1. The molecule has 0 aliphatic rings. The zero-order chi connectivity index (χ0) is 10.7. The van der Waals surface area contributed by atoms with E-state index in [0.29, 0.717) is 11.8 Å². The molecule has 0 spiro atoms. The van der Waals surface area contributed by atoms with Crippen molar-refractivity contribution >= 4 is 5.82 Å². The fraction of sp³-hybridized carbons (Fsp3) is 0.727. The molecule has 1 rings (SSSR count). The Morgan fingerprint density at radius 3 is 2.50 bits per heavy atom. The predicted octanol–water partition coefficient (Wildman–Crippen LogP) is 2.54. The second-order valence-electron chi connectivity index (χ2n) is 4.26. The van der Waals surface area contributed by atoms with Gasteiger partial charge in [-0.3, -0.25) is 4.68 Å². The number of hydrogen-bond acceptors (Lipinski definition) is 2. The summed E-state index contributed by atoms with van der Waals surface area (Å²) in [5.74, 6) is 1.93. The van der Waals surface area contributed by atoms with Crippen molar-refractivity contribution in [2.24, 2.45) is 13.0 Å². The average Bonchev–Trinajstić information content (AvgIpc) is 2.42. The lowest BCUT2D eigenvalue weighted by Crippen LogP contribution is -2.07. The van der Waals surface area contributed by atoms with Crippen LogP contribution in [-0.4, -0.2) is 9.78 Å². The number of aromatic nitrogens is 2. The maximum absolute atomic E-state index is 5.78. The maximum Gasteiger partial charge on any atom is 0.121 e. The molecular formula is C11H21N3. The van der Waals surface area contributed by atoms with Crippen LogP contribution in [0.4, 0.5) is 5.82 Å². The first kappa shape index (κ1) is 11.1. The molecule has 0 aliphatic heterocycles. The first-order chi connectivity index (χ1) is 6.56. The molecule has 0 saturated carbocycles. The number of rotatable bonds is 4. The Labute approximate surface area is 86.3 Å². The van der Waals surface area contributed by atoms with Gasteiger partial charge in [-0.25, -0.2) is 0 Å². The van der Waals surface area contributed by atoms with E-state index in [2.05, 4.69) is 25.9 Å². The number of anilines is 1. The minimum Gasteiger partial charge on any atom is -0.384 e. The second kappa shape index (κ2) is 4.49. The molecule has 0 aromatic carbocycles. The van der Waals surface area contributed by atoms with Gasteiger partial charge in [-0.05, 0) is 12.3 Å². The molecule has 1 heterocycles. The number of nitrogens with two attached hydrogens (primary N) is 1. The van der Waals surface area contributed by atoms with E-state index < -0.39 is 0 Å². The Kier molecular flexibility index (Phi) is 3.55. The summed E-state index contributed by atoms with van der Waals surface area (Å²) in [7, 11) is 1.89. The van der Waals surface area contributed by atoms with Gasteiger partial charge in [0, 0.05) is 19.0 Å². The molecule has 1 atom stereocenters. The van der Waals surface area contributed by atoms with E-state index in [9.17, 15) is 0 Å². The van der Waals surface area contributed by atoms with Crippen LogP contribution < -0.4 is 5.73 Å². The van der Waals surface area contributed by atoms with Gasteiger partial charge in [0.05, 0.1) is 5.69 Å². The Hall–Kier alpha value is -0.990. The fourth-order valence-corrected chi connectivity index (χ4v) is 1.82. The highest BCUT2D eigenvalue weighted by Crippen LogP contribution is 2.28. The van der Waals surface area contributed by atoms with Gasteiger partial charge in [0.25, 0.3) is 0 Å². The van der Waals surface area contributed by atoms with E-state index in [0.717, 1.165) is 11.5 Å². The Morgan fingerprint density at radius 2 is 2.14 bits per heavy atom. The van der Waals surface area contributed by atoms with Gasteiger partial charge in [-0.15, -0.1) is 0 Å². The van der Waals surface area contributed by atoms with Crippen LogP contribution in [0.15, 0.2) is 6.07 Å². The standard InChI is InChI=1S/C11H21N3/c1-5-6-9(8(2)3)10-7-11(12)14(4)13-10/h7-9H,5-6,12H2,1-4H3. The molecule has 0 radical (unpaired) electrons. The van der Waals surface area contributed by atoms with Crippen molar-refractivity contribution < 1.29 is 0 Å². The van der Waals surface area contributed by atoms with E-state index in [-0.39, 0.29) is 0 Å². The van der Waals surface area contributed by atoms with Crippen molar-refractivity contribution in [3.8, 4) is 0 Å². The molecule has 3 heteroatoms. The maximum atomic E-state index is 5.78. The van der Waals surface area contributed by atoms with Crippen molar-refractivity contribution in [1.29, 1.82) is 0 Å². The predicted molar refractivity (Wildman–Crippen MR) is 60.1 cm³/mol. The van der Waals surface area contributed by atoms with Crippen molar-refractivity contribution in [3.05, 3.63) is 11.8 Å². The third kappa shape index (κ3) is 2.28. The summed E-state index contributed by atoms with van der Waals surface area (Å²) in [5.41, 5.74) is 6.92. The van der Waals surface area contributed by atoms with E-state index in [4.69, 9.17) is 5.73 Å². The molecule has 80 valence electrons. The minimum atomic E-state index is 0.545. The second-order valence-corrected chi connectivity index (χ2v) is 4.26. The van der Waals surface area contributed by atoms with Crippen LogP contribution >= 0.6 is 0 Å². The average molecular weight is 195 g/mol. The largest absolute Gasteiger partial charge is 0.384 e. The highest BCUT2D eigenvalue weighted by Gasteiger charge is 2.18. The van der Waals surface area contributed by atoms with E-state index in [1.165, 1.54) is 12.8 Å². The van der Waals surface area contributed by atoms with Crippen molar-refractivity contribution in [2.45, 2.75) is 39.5 Å². The molecule has 1 aromatic heterocycles. The van der Waals surface area contributed by atoms with Gasteiger partial charge in [0.15, 0.2) is 0 Å². The lowest BCUT2D eigenvalue weighted by Gasteiger charge is -2.17. The molecule has 2 N–H and O–H groups in total. The fourth-order valence-electron chi connectivity index (χ4n) is 1.82. The molecule has 3 nitrogen and oxygen atoms in total. The molecule has 0 amide bonds. The monoisotopic (exact) mass is 195 g/mol.